The van der Waals surface area contributed by atoms with Gasteiger partial charge in [-0.2, -0.15) is 0 Å². The quantitative estimate of drug-likeness (QED) is 0.917. The van der Waals surface area contributed by atoms with Crippen molar-refractivity contribution in [3.05, 3.63) is 53.2 Å². The van der Waals surface area contributed by atoms with Crippen LogP contribution in [0.5, 0.6) is 0 Å². The molecule has 2 heterocycles. The maximum atomic E-state index is 13.4. The lowest BCUT2D eigenvalue weighted by atomic mass is 10.0. The lowest BCUT2D eigenvalue weighted by Gasteiger charge is -2.25. The van der Waals surface area contributed by atoms with Gasteiger partial charge in [-0.25, -0.2) is 4.39 Å². The number of aryl methyl sites for hydroxylation is 1. The van der Waals surface area contributed by atoms with E-state index < -0.39 is 0 Å². The Bertz CT molecular complexity index is 653. The van der Waals surface area contributed by atoms with Gasteiger partial charge >= 0.3 is 0 Å². The van der Waals surface area contributed by atoms with Crippen LogP contribution in [0.25, 0.3) is 0 Å². The van der Waals surface area contributed by atoms with Gasteiger partial charge < -0.3 is 9.73 Å². The van der Waals surface area contributed by atoms with Crippen molar-refractivity contribution in [3.63, 3.8) is 0 Å². The van der Waals surface area contributed by atoms with Crippen molar-refractivity contribution < 1.29 is 13.6 Å². The molecule has 2 aromatic rings. The predicted molar refractivity (Wildman–Crippen MR) is 75.4 cm³/mol. The summed E-state index contributed by atoms with van der Waals surface area (Å²) in [5, 5.41) is 2.93. The van der Waals surface area contributed by atoms with Gasteiger partial charge in [-0.15, -0.1) is 11.8 Å². The summed E-state index contributed by atoms with van der Waals surface area (Å²) in [7, 11) is 0. The van der Waals surface area contributed by atoms with Crippen LogP contribution in [0.15, 0.2) is 39.8 Å². The molecule has 0 unspecified atom stereocenters. The Morgan fingerprint density at radius 3 is 3.05 bits per heavy atom. The van der Waals surface area contributed by atoms with Crippen molar-refractivity contribution in [2.75, 3.05) is 5.75 Å². The summed E-state index contributed by atoms with van der Waals surface area (Å²) in [5.74, 6) is 0.696. The summed E-state index contributed by atoms with van der Waals surface area (Å²) in [6.07, 6.45) is 2.28. The van der Waals surface area contributed by atoms with Crippen molar-refractivity contribution in [3.8, 4) is 0 Å². The van der Waals surface area contributed by atoms with Gasteiger partial charge in [0, 0.05) is 16.2 Å². The number of nitrogens with one attached hydrogen (secondary N) is 1. The van der Waals surface area contributed by atoms with E-state index in [1.807, 2.05) is 6.92 Å². The van der Waals surface area contributed by atoms with E-state index in [-0.39, 0.29) is 17.8 Å². The molecule has 20 heavy (non-hydrogen) atoms. The second-order valence-corrected chi connectivity index (χ2v) is 5.91. The minimum atomic E-state index is -0.278. The number of hydrogen-bond donors (Lipinski definition) is 1. The van der Waals surface area contributed by atoms with Crippen LogP contribution in [-0.2, 0) is 0 Å². The third-order valence-electron chi connectivity index (χ3n) is 3.38. The third kappa shape index (κ3) is 2.45. The van der Waals surface area contributed by atoms with E-state index in [0.29, 0.717) is 5.76 Å². The molecule has 1 amide bonds. The van der Waals surface area contributed by atoms with Gasteiger partial charge in [0.25, 0.3) is 5.91 Å². The fraction of sp³-hybridized carbons (Fsp3) is 0.267. The van der Waals surface area contributed by atoms with E-state index in [2.05, 4.69) is 5.32 Å². The van der Waals surface area contributed by atoms with Crippen LogP contribution < -0.4 is 5.32 Å². The molecule has 3 nitrogen and oxygen atoms in total. The molecule has 0 saturated heterocycles. The molecule has 0 fully saturated rings. The van der Waals surface area contributed by atoms with Crippen molar-refractivity contribution in [1.82, 2.24) is 5.32 Å². The van der Waals surface area contributed by atoms with Crippen molar-refractivity contribution in [2.24, 2.45) is 0 Å². The highest BCUT2D eigenvalue weighted by Gasteiger charge is 2.24. The van der Waals surface area contributed by atoms with Crippen LogP contribution in [0, 0.1) is 12.7 Å². The molecule has 5 heteroatoms. The Labute approximate surface area is 120 Å². The van der Waals surface area contributed by atoms with Crippen molar-refractivity contribution in [2.45, 2.75) is 24.3 Å². The number of rotatable bonds is 2. The first-order valence-electron chi connectivity index (χ1n) is 6.42. The standard InChI is InChI=1S/C15H14FNO2S/c1-9-4-6-19-14(9)15(18)17-12-5-7-20-13-3-2-10(16)8-11(12)13/h2-4,6,8,12H,5,7H2,1H3,(H,17,18)/t12-/m1/s1. The highest BCUT2D eigenvalue weighted by molar-refractivity contribution is 7.99. The zero-order valence-corrected chi connectivity index (χ0v) is 11.8. The summed E-state index contributed by atoms with van der Waals surface area (Å²) >= 11 is 1.69. The lowest BCUT2D eigenvalue weighted by Crippen LogP contribution is -2.30. The third-order valence-corrected chi connectivity index (χ3v) is 4.51. The van der Waals surface area contributed by atoms with Gasteiger partial charge in [-0.3, -0.25) is 4.79 Å². The molecule has 0 aliphatic carbocycles. The van der Waals surface area contributed by atoms with Gasteiger partial charge in [0.15, 0.2) is 5.76 Å². The van der Waals surface area contributed by atoms with E-state index in [1.54, 1.807) is 23.9 Å². The van der Waals surface area contributed by atoms with Crippen LogP contribution >= 0.6 is 11.8 Å². The summed E-state index contributed by atoms with van der Waals surface area (Å²) in [6, 6.07) is 6.30. The molecule has 0 saturated carbocycles. The Hall–Kier alpha value is -1.75. The van der Waals surface area contributed by atoms with Crippen LogP contribution in [0.1, 0.15) is 34.1 Å². The first-order chi connectivity index (χ1) is 9.65. The van der Waals surface area contributed by atoms with Crippen molar-refractivity contribution >= 4 is 17.7 Å². The molecule has 1 aliphatic heterocycles. The highest BCUT2D eigenvalue weighted by Crippen LogP contribution is 2.36. The summed E-state index contributed by atoms with van der Waals surface area (Å²) in [6.45, 7) is 1.82. The second kappa shape index (κ2) is 5.32. The zero-order chi connectivity index (χ0) is 14.1. The largest absolute Gasteiger partial charge is 0.459 e. The lowest BCUT2D eigenvalue weighted by molar-refractivity contribution is 0.0906. The molecular weight excluding hydrogens is 277 g/mol. The fourth-order valence-corrected chi connectivity index (χ4v) is 3.45. The van der Waals surface area contributed by atoms with E-state index in [4.69, 9.17) is 4.42 Å². The molecule has 104 valence electrons. The zero-order valence-electron chi connectivity index (χ0n) is 11.0. The van der Waals surface area contributed by atoms with E-state index in [1.165, 1.54) is 18.4 Å². The summed E-state index contributed by atoms with van der Waals surface area (Å²) < 4.78 is 18.6. The maximum absolute atomic E-state index is 13.4. The number of benzene rings is 1. The first kappa shape index (κ1) is 13.2. The van der Waals surface area contributed by atoms with Crippen LogP contribution in [0.4, 0.5) is 4.39 Å². The van der Waals surface area contributed by atoms with Crippen LogP contribution in [-0.4, -0.2) is 11.7 Å². The molecule has 1 N–H and O–H groups in total. The maximum Gasteiger partial charge on any atom is 0.287 e. The number of hydrogen-bond acceptors (Lipinski definition) is 3. The van der Waals surface area contributed by atoms with Gasteiger partial charge in [-0.05, 0) is 43.2 Å². The molecule has 1 aliphatic rings. The fourth-order valence-electron chi connectivity index (χ4n) is 2.34. The molecule has 1 aromatic heterocycles. The second-order valence-electron chi connectivity index (χ2n) is 4.78. The van der Waals surface area contributed by atoms with Crippen LogP contribution in [0.2, 0.25) is 0 Å². The van der Waals surface area contributed by atoms with Crippen LogP contribution in [0.3, 0.4) is 0 Å². The first-order valence-corrected chi connectivity index (χ1v) is 7.41. The molecule has 3 rings (SSSR count). The normalized spacial score (nSPS) is 17.6. The molecule has 1 aromatic carbocycles. The Morgan fingerprint density at radius 1 is 1.45 bits per heavy atom. The number of carbonyl (C=O) groups excluding carboxylic acids is 1. The number of amides is 1. The summed E-state index contributed by atoms with van der Waals surface area (Å²) in [4.78, 5) is 13.2. The number of carbonyl (C=O) groups is 1. The number of halogens is 1. The van der Waals surface area contributed by atoms with E-state index in [9.17, 15) is 9.18 Å². The molecule has 0 spiro atoms. The summed E-state index contributed by atoms with van der Waals surface area (Å²) in [5.41, 5.74) is 1.64. The monoisotopic (exact) mass is 291 g/mol. The van der Waals surface area contributed by atoms with Crippen molar-refractivity contribution in [1.29, 1.82) is 0 Å². The Morgan fingerprint density at radius 2 is 2.30 bits per heavy atom. The minimum absolute atomic E-state index is 0.168. The number of fused-ring (bicyclic) bond motifs is 1. The van der Waals surface area contributed by atoms with E-state index in [0.717, 1.165) is 28.2 Å². The molecular formula is C15H14FNO2S. The predicted octanol–water partition coefficient (Wildman–Crippen LogP) is 3.69. The average molecular weight is 291 g/mol. The van der Waals surface area contributed by atoms with Gasteiger partial charge in [0.2, 0.25) is 0 Å². The molecule has 0 bridgehead atoms. The van der Waals surface area contributed by atoms with Gasteiger partial charge in [0.1, 0.15) is 5.82 Å². The minimum Gasteiger partial charge on any atom is -0.459 e. The Balaban J connectivity index is 1.85. The SMILES string of the molecule is Cc1ccoc1C(=O)N[C@@H]1CCSc2ccc(F)cc21. The Kier molecular flexibility index (Phi) is 3.53. The van der Waals surface area contributed by atoms with Gasteiger partial charge in [0.05, 0.1) is 12.3 Å². The number of furan rings is 1. The van der Waals surface area contributed by atoms with Gasteiger partial charge in [-0.1, -0.05) is 0 Å². The topological polar surface area (TPSA) is 42.2 Å². The van der Waals surface area contributed by atoms with E-state index >= 15 is 0 Å². The smallest absolute Gasteiger partial charge is 0.287 e. The average Bonchev–Trinajstić information content (AvgIpc) is 2.86. The molecule has 0 radical (unpaired) electrons. The highest BCUT2D eigenvalue weighted by atomic mass is 32.2. The number of thioether (sulfide) groups is 1. The molecule has 1 atom stereocenters.